The van der Waals surface area contributed by atoms with Gasteiger partial charge >= 0.3 is 0 Å². The summed E-state index contributed by atoms with van der Waals surface area (Å²) < 4.78 is 18.6. The van der Waals surface area contributed by atoms with E-state index in [0.29, 0.717) is 17.9 Å². The first-order chi connectivity index (χ1) is 12.0. The van der Waals surface area contributed by atoms with Crippen LogP contribution in [0.15, 0.2) is 24.4 Å². The molecular formula is C17H18ClFN2O4. The highest BCUT2D eigenvalue weighted by atomic mass is 35.5. The van der Waals surface area contributed by atoms with Crippen molar-refractivity contribution in [1.82, 2.24) is 10.3 Å². The summed E-state index contributed by atoms with van der Waals surface area (Å²) in [7, 11) is 0. The molecule has 6 nitrogen and oxygen atoms in total. The zero-order chi connectivity index (χ0) is 18.4. The van der Waals surface area contributed by atoms with Crippen LogP contribution in [0.4, 0.5) is 4.39 Å². The molecule has 0 aliphatic rings. The molecule has 0 saturated heterocycles. The van der Waals surface area contributed by atoms with Crippen LogP contribution in [0, 0.1) is 5.82 Å². The third kappa shape index (κ3) is 4.58. The third-order valence-electron chi connectivity index (χ3n) is 3.44. The molecule has 2 rings (SSSR count). The molecule has 8 heteroatoms. The number of carbonyl (C=O) groups is 1. The Bertz CT molecular complexity index is 771. The predicted octanol–water partition coefficient (Wildman–Crippen LogP) is 2.79. The number of nitrogens with zero attached hydrogens (tertiary/aromatic N) is 1. The molecule has 0 bridgehead atoms. The van der Waals surface area contributed by atoms with E-state index in [4.69, 9.17) is 16.3 Å². The minimum absolute atomic E-state index is 0.0464. The Morgan fingerprint density at radius 3 is 2.84 bits per heavy atom. The van der Waals surface area contributed by atoms with Gasteiger partial charge in [0.2, 0.25) is 0 Å². The number of aromatic hydroxyl groups is 1. The highest BCUT2D eigenvalue weighted by Crippen LogP contribution is 2.27. The van der Waals surface area contributed by atoms with Crippen LogP contribution in [0.5, 0.6) is 11.5 Å². The lowest BCUT2D eigenvalue weighted by atomic mass is 10.1. The molecule has 0 spiro atoms. The van der Waals surface area contributed by atoms with Crippen molar-refractivity contribution in [2.24, 2.45) is 0 Å². The number of aromatic nitrogens is 1. The van der Waals surface area contributed by atoms with E-state index in [9.17, 15) is 19.4 Å². The topological polar surface area (TPSA) is 91.7 Å². The first-order valence-electron chi connectivity index (χ1n) is 7.64. The summed E-state index contributed by atoms with van der Waals surface area (Å²) in [5, 5.41) is 22.2. The van der Waals surface area contributed by atoms with Gasteiger partial charge in [-0.25, -0.2) is 9.37 Å². The number of rotatable bonds is 7. The van der Waals surface area contributed by atoms with E-state index in [1.165, 1.54) is 24.4 Å². The van der Waals surface area contributed by atoms with Crippen LogP contribution >= 0.6 is 11.6 Å². The molecule has 134 valence electrons. The van der Waals surface area contributed by atoms with Crippen molar-refractivity contribution in [1.29, 1.82) is 0 Å². The van der Waals surface area contributed by atoms with Crippen LogP contribution < -0.4 is 10.1 Å². The number of hydrogen-bond acceptors (Lipinski definition) is 5. The van der Waals surface area contributed by atoms with Gasteiger partial charge in [0.1, 0.15) is 18.2 Å². The SMILES string of the molecule is CCCNC(=O)c1ncc(COc2ccc(F)c(Cl)c2)c(CO)c1O. The van der Waals surface area contributed by atoms with Gasteiger partial charge in [-0.05, 0) is 18.6 Å². The molecular weight excluding hydrogens is 351 g/mol. The summed E-state index contributed by atoms with van der Waals surface area (Å²) >= 11 is 5.68. The van der Waals surface area contributed by atoms with Crippen LogP contribution in [0.25, 0.3) is 0 Å². The lowest BCUT2D eigenvalue weighted by molar-refractivity contribution is 0.0945. The van der Waals surface area contributed by atoms with Crippen molar-refractivity contribution >= 4 is 17.5 Å². The Labute approximate surface area is 149 Å². The second kappa shape index (κ2) is 8.64. The van der Waals surface area contributed by atoms with Gasteiger partial charge in [0, 0.05) is 29.9 Å². The van der Waals surface area contributed by atoms with E-state index in [-0.39, 0.29) is 22.9 Å². The second-order valence-corrected chi connectivity index (χ2v) is 5.65. The van der Waals surface area contributed by atoms with Crippen LogP contribution in [0.2, 0.25) is 5.02 Å². The van der Waals surface area contributed by atoms with Crippen molar-refractivity contribution in [3.05, 3.63) is 52.1 Å². The summed E-state index contributed by atoms with van der Waals surface area (Å²) in [6.07, 6.45) is 2.09. The van der Waals surface area contributed by atoms with E-state index in [1.54, 1.807) is 0 Å². The maximum atomic E-state index is 13.1. The van der Waals surface area contributed by atoms with Crippen LogP contribution in [0.3, 0.4) is 0 Å². The second-order valence-electron chi connectivity index (χ2n) is 5.24. The normalized spacial score (nSPS) is 10.6. The minimum atomic E-state index is -0.563. The Hall–Kier alpha value is -2.38. The fourth-order valence-electron chi connectivity index (χ4n) is 2.09. The van der Waals surface area contributed by atoms with E-state index in [2.05, 4.69) is 10.3 Å². The number of carbonyl (C=O) groups excluding carboxylic acids is 1. The van der Waals surface area contributed by atoms with Crippen molar-refractivity contribution in [2.45, 2.75) is 26.6 Å². The van der Waals surface area contributed by atoms with Crippen LogP contribution in [-0.2, 0) is 13.2 Å². The molecule has 0 saturated carbocycles. The zero-order valence-electron chi connectivity index (χ0n) is 13.6. The number of aliphatic hydroxyl groups excluding tert-OH is 1. The van der Waals surface area contributed by atoms with E-state index in [0.717, 1.165) is 6.42 Å². The zero-order valence-corrected chi connectivity index (χ0v) is 14.3. The number of pyridine rings is 1. The minimum Gasteiger partial charge on any atom is -0.505 e. The first kappa shape index (κ1) is 19.0. The molecule has 2 aromatic rings. The molecule has 0 unspecified atom stereocenters. The fraction of sp³-hybridized carbons (Fsp3) is 0.294. The average Bonchev–Trinajstić information content (AvgIpc) is 2.60. The Balaban J connectivity index is 2.19. The summed E-state index contributed by atoms with van der Waals surface area (Å²) in [5.74, 6) is -1.16. The molecule has 0 atom stereocenters. The molecule has 1 aromatic heterocycles. The number of ether oxygens (including phenoxy) is 1. The van der Waals surface area contributed by atoms with Crippen LogP contribution in [-0.4, -0.2) is 27.6 Å². The molecule has 0 fully saturated rings. The summed E-state index contributed by atoms with van der Waals surface area (Å²) in [6, 6.07) is 3.89. The fourth-order valence-corrected chi connectivity index (χ4v) is 2.26. The standard InChI is InChI=1S/C17H18ClFN2O4/c1-2-5-20-17(24)15-16(23)12(8-22)10(7-21-15)9-25-11-3-4-14(19)13(18)6-11/h3-4,6-7,22-23H,2,5,8-9H2,1H3,(H,20,24). The number of halogens is 2. The van der Waals surface area contributed by atoms with Gasteiger partial charge < -0.3 is 20.3 Å². The van der Waals surface area contributed by atoms with E-state index in [1.807, 2.05) is 6.92 Å². The molecule has 25 heavy (non-hydrogen) atoms. The van der Waals surface area contributed by atoms with E-state index < -0.39 is 24.1 Å². The molecule has 0 aliphatic heterocycles. The van der Waals surface area contributed by atoms with Gasteiger partial charge in [0.05, 0.1) is 11.6 Å². The monoisotopic (exact) mass is 368 g/mol. The smallest absolute Gasteiger partial charge is 0.273 e. The molecule has 1 amide bonds. The summed E-state index contributed by atoms with van der Waals surface area (Å²) in [6.45, 7) is 1.81. The van der Waals surface area contributed by atoms with Gasteiger partial charge in [0.15, 0.2) is 11.4 Å². The van der Waals surface area contributed by atoms with Gasteiger partial charge in [-0.1, -0.05) is 18.5 Å². The number of nitrogens with one attached hydrogen (secondary N) is 1. The van der Waals surface area contributed by atoms with Gasteiger partial charge in [-0.15, -0.1) is 0 Å². The Kier molecular flexibility index (Phi) is 6.55. The van der Waals surface area contributed by atoms with Crippen molar-refractivity contribution in [3.63, 3.8) is 0 Å². The van der Waals surface area contributed by atoms with Crippen molar-refractivity contribution < 1.29 is 24.1 Å². The maximum absolute atomic E-state index is 13.1. The molecule has 0 radical (unpaired) electrons. The third-order valence-corrected chi connectivity index (χ3v) is 3.73. The highest BCUT2D eigenvalue weighted by molar-refractivity contribution is 6.30. The Morgan fingerprint density at radius 1 is 1.44 bits per heavy atom. The number of aliphatic hydroxyl groups is 1. The summed E-state index contributed by atoms with van der Waals surface area (Å²) in [5.41, 5.74) is 0.378. The van der Waals surface area contributed by atoms with E-state index >= 15 is 0 Å². The lowest BCUT2D eigenvalue weighted by Gasteiger charge is -2.13. The highest BCUT2D eigenvalue weighted by Gasteiger charge is 2.19. The van der Waals surface area contributed by atoms with Crippen molar-refractivity contribution in [2.75, 3.05) is 6.54 Å². The number of benzene rings is 1. The molecule has 1 aromatic carbocycles. The van der Waals surface area contributed by atoms with Crippen molar-refractivity contribution in [3.8, 4) is 11.5 Å². The quantitative estimate of drug-likeness (QED) is 0.699. The maximum Gasteiger partial charge on any atom is 0.273 e. The number of amides is 1. The lowest BCUT2D eigenvalue weighted by Crippen LogP contribution is -2.25. The molecule has 3 N–H and O–H groups in total. The molecule has 1 heterocycles. The summed E-state index contributed by atoms with van der Waals surface area (Å²) in [4.78, 5) is 15.9. The van der Waals surface area contributed by atoms with Gasteiger partial charge in [-0.2, -0.15) is 0 Å². The van der Waals surface area contributed by atoms with Crippen LogP contribution in [0.1, 0.15) is 35.0 Å². The first-order valence-corrected chi connectivity index (χ1v) is 8.02. The number of hydrogen-bond donors (Lipinski definition) is 3. The largest absolute Gasteiger partial charge is 0.505 e. The Morgan fingerprint density at radius 2 is 2.20 bits per heavy atom. The molecule has 0 aliphatic carbocycles. The van der Waals surface area contributed by atoms with Gasteiger partial charge in [0.25, 0.3) is 5.91 Å². The average molecular weight is 369 g/mol. The predicted molar refractivity (Wildman–Crippen MR) is 90.2 cm³/mol. The van der Waals surface area contributed by atoms with Gasteiger partial charge in [-0.3, -0.25) is 4.79 Å².